The lowest BCUT2D eigenvalue weighted by Crippen LogP contribution is -2.11. The molecule has 3 aromatic rings. The molecular weight excluding hydrogens is 407 g/mol. The van der Waals surface area contributed by atoms with Gasteiger partial charge in [0.25, 0.3) is 5.91 Å². The van der Waals surface area contributed by atoms with Crippen molar-refractivity contribution in [2.24, 2.45) is 0 Å². The number of hydrogen-bond donors (Lipinski definition) is 1. The van der Waals surface area contributed by atoms with Crippen LogP contribution in [-0.2, 0) is 0 Å². The molecule has 2 aromatic carbocycles. The molecule has 0 atom stereocenters. The number of thiazole rings is 1. The summed E-state index contributed by atoms with van der Waals surface area (Å²) in [6.45, 7) is 0. The summed E-state index contributed by atoms with van der Waals surface area (Å²) in [6.07, 6.45) is 0. The van der Waals surface area contributed by atoms with Gasteiger partial charge in [0.05, 0.1) is 10.2 Å². The van der Waals surface area contributed by atoms with Crippen LogP contribution in [0.25, 0.3) is 10.2 Å². The average molecular weight is 415 g/mol. The highest BCUT2D eigenvalue weighted by Gasteiger charge is 2.10. The minimum atomic E-state index is -0.161. The van der Waals surface area contributed by atoms with Gasteiger partial charge in [-0.15, -0.1) is 0 Å². The molecule has 1 aromatic heterocycles. The Hall–Kier alpha value is -1.18. The summed E-state index contributed by atoms with van der Waals surface area (Å²) >= 11 is 9.55. The summed E-state index contributed by atoms with van der Waals surface area (Å²) in [5.74, 6) is -0.161. The Kier molecular flexibility index (Phi) is 3.91. The van der Waals surface area contributed by atoms with E-state index in [1.807, 2.05) is 24.3 Å². The number of halogens is 2. The fraction of sp³-hybridized carbons (Fsp3) is 0. The molecule has 0 fully saturated rings. The predicted octanol–water partition coefficient (Wildman–Crippen LogP) is 4.81. The first-order chi connectivity index (χ1) is 9.61. The van der Waals surface area contributed by atoms with Gasteiger partial charge in [0.15, 0.2) is 5.13 Å². The van der Waals surface area contributed by atoms with E-state index in [0.717, 1.165) is 13.8 Å². The largest absolute Gasteiger partial charge is 0.298 e. The summed E-state index contributed by atoms with van der Waals surface area (Å²) in [5.41, 5.74) is 1.44. The van der Waals surface area contributed by atoms with Crippen LogP contribution in [0.3, 0.4) is 0 Å². The van der Waals surface area contributed by atoms with Crippen molar-refractivity contribution < 1.29 is 4.79 Å². The van der Waals surface area contributed by atoms with Gasteiger partial charge in [-0.25, -0.2) is 4.98 Å². The number of fused-ring (bicyclic) bond motifs is 1. The minimum absolute atomic E-state index is 0.161. The molecule has 0 aliphatic heterocycles. The van der Waals surface area contributed by atoms with Gasteiger partial charge in [-0.3, -0.25) is 10.1 Å². The normalized spacial score (nSPS) is 10.7. The van der Waals surface area contributed by atoms with Crippen LogP contribution in [0.2, 0.25) is 5.02 Å². The van der Waals surface area contributed by atoms with E-state index in [2.05, 4.69) is 32.9 Å². The van der Waals surface area contributed by atoms with E-state index < -0.39 is 0 Å². The fourth-order valence-electron chi connectivity index (χ4n) is 1.72. The third kappa shape index (κ3) is 2.94. The summed E-state index contributed by atoms with van der Waals surface area (Å²) in [4.78, 5) is 16.5. The molecule has 6 heteroatoms. The van der Waals surface area contributed by atoms with Gasteiger partial charge in [-0.05, 0) is 65.1 Å². The topological polar surface area (TPSA) is 42.0 Å². The Morgan fingerprint density at radius 2 is 1.95 bits per heavy atom. The number of carbonyl (C=O) groups excluding carboxylic acids is 1. The fourth-order valence-corrected chi connectivity index (χ4v) is 3.22. The summed E-state index contributed by atoms with van der Waals surface area (Å²) in [7, 11) is 0. The predicted molar refractivity (Wildman–Crippen MR) is 91.7 cm³/mol. The van der Waals surface area contributed by atoms with Crippen molar-refractivity contribution in [1.29, 1.82) is 0 Å². The maximum Gasteiger partial charge on any atom is 0.257 e. The van der Waals surface area contributed by atoms with Crippen LogP contribution in [0.5, 0.6) is 0 Å². The third-order valence-electron chi connectivity index (χ3n) is 2.68. The molecule has 3 rings (SSSR count). The van der Waals surface area contributed by atoms with E-state index in [9.17, 15) is 4.79 Å². The lowest BCUT2D eigenvalue weighted by Gasteiger charge is -2.01. The highest BCUT2D eigenvalue weighted by Crippen LogP contribution is 2.28. The monoisotopic (exact) mass is 414 g/mol. The van der Waals surface area contributed by atoms with Crippen LogP contribution in [0.15, 0.2) is 42.5 Å². The maximum atomic E-state index is 12.1. The molecule has 0 aliphatic rings. The number of benzene rings is 2. The second-order valence-corrected chi connectivity index (χ2v) is 6.80. The lowest BCUT2D eigenvalue weighted by molar-refractivity contribution is 0.102. The van der Waals surface area contributed by atoms with E-state index >= 15 is 0 Å². The van der Waals surface area contributed by atoms with Crippen LogP contribution < -0.4 is 5.32 Å². The number of carbonyl (C=O) groups is 1. The second kappa shape index (κ2) is 5.67. The van der Waals surface area contributed by atoms with Crippen LogP contribution in [0.1, 0.15) is 10.4 Å². The molecule has 0 aliphatic carbocycles. The van der Waals surface area contributed by atoms with Gasteiger partial charge < -0.3 is 0 Å². The van der Waals surface area contributed by atoms with Gasteiger partial charge >= 0.3 is 0 Å². The Bertz CT molecular complexity index is 785. The molecule has 1 heterocycles. The maximum absolute atomic E-state index is 12.1. The molecule has 0 unspecified atom stereocenters. The van der Waals surface area contributed by atoms with Crippen LogP contribution in [0, 0.1) is 3.57 Å². The number of amides is 1. The molecule has 1 amide bonds. The van der Waals surface area contributed by atoms with Crippen molar-refractivity contribution in [3.63, 3.8) is 0 Å². The Balaban J connectivity index is 1.85. The van der Waals surface area contributed by atoms with Gasteiger partial charge in [-0.1, -0.05) is 22.9 Å². The summed E-state index contributed by atoms with van der Waals surface area (Å²) < 4.78 is 2.05. The van der Waals surface area contributed by atoms with Gasteiger partial charge in [0, 0.05) is 14.2 Å². The number of nitrogens with zero attached hydrogens (tertiary/aromatic N) is 1. The average Bonchev–Trinajstić information content (AvgIpc) is 2.80. The Morgan fingerprint density at radius 3 is 2.70 bits per heavy atom. The van der Waals surface area contributed by atoms with E-state index in [4.69, 9.17) is 11.6 Å². The third-order valence-corrected chi connectivity index (χ3v) is 4.57. The first-order valence-electron chi connectivity index (χ1n) is 5.75. The molecule has 0 saturated heterocycles. The van der Waals surface area contributed by atoms with Crippen molar-refractivity contribution in [1.82, 2.24) is 4.98 Å². The van der Waals surface area contributed by atoms with Crippen LogP contribution in [-0.4, -0.2) is 10.9 Å². The first-order valence-corrected chi connectivity index (χ1v) is 8.02. The zero-order valence-corrected chi connectivity index (χ0v) is 13.8. The van der Waals surface area contributed by atoms with E-state index in [1.165, 1.54) is 11.3 Å². The smallest absolute Gasteiger partial charge is 0.257 e. The zero-order chi connectivity index (χ0) is 14.1. The second-order valence-electron chi connectivity index (χ2n) is 4.09. The highest BCUT2D eigenvalue weighted by molar-refractivity contribution is 14.1. The molecule has 3 nitrogen and oxygen atoms in total. The van der Waals surface area contributed by atoms with Crippen molar-refractivity contribution >= 4 is 66.8 Å². The molecular formula is C14H8ClIN2OS. The van der Waals surface area contributed by atoms with Crippen molar-refractivity contribution in [3.05, 3.63) is 56.6 Å². The van der Waals surface area contributed by atoms with Crippen molar-refractivity contribution in [3.8, 4) is 0 Å². The minimum Gasteiger partial charge on any atom is -0.298 e. The Labute approximate surface area is 138 Å². The van der Waals surface area contributed by atoms with Crippen LogP contribution in [0.4, 0.5) is 5.13 Å². The molecule has 0 saturated carbocycles. The highest BCUT2D eigenvalue weighted by atomic mass is 127. The van der Waals surface area contributed by atoms with Crippen molar-refractivity contribution in [2.75, 3.05) is 5.32 Å². The van der Waals surface area contributed by atoms with E-state index in [0.29, 0.717) is 15.7 Å². The zero-order valence-electron chi connectivity index (χ0n) is 10.1. The van der Waals surface area contributed by atoms with Gasteiger partial charge in [0.1, 0.15) is 0 Å². The van der Waals surface area contributed by atoms with E-state index in [1.54, 1.807) is 18.2 Å². The molecule has 0 radical (unpaired) electrons. The number of anilines is 1. The SMILES string of the molecule is O=C(Nc1nc2ccc(Cl)cc2s1)c1ccc(I)cc1. The van der Waals surface area contributed by atoms with Crippen LogP contribution >= 0.6 is 45.5 Å². The number of rotatable bonds is 2. The number of nitrogens with one attached hydrogen (secondary N) is 1. The molecule has 20 heavy (non-hydrogen) atoms. The first kappa shape index (κ1) is 13.8. The van der Waals surface area contributed by atoms with Gasteiger partial charge in [-0.2, -0.15) is 0 Å². The summed E-state index contributed by atoms with van der Waals surface area (Å²) in [5, 5.41) is 4.05. The number of hydrogen-bond acceptors (Lipinski definition) is 3. The molecule has 0 bridgehead atoms. The standard InChI is InChI=1S/C14H8ClIN2OS/c15-9-3-6-11-12(7-9)20-14(17-11)18-13(19)8-1-4-10(16)5-2-8/h1-7H,(H,17,18,19). The molecule has 1 N–H and O–H groups in total. The molecule has 0 spiro atoms. The summed E-state index contributed by atoms with van der Waals surface area (Å²) in [6, 6.07) is 12.8. The lowest BCUT2D eigenvalue weighted by atomic mass is 10.2. The van der Waals surface area contributed by atoms with Crippen molar-refractivity contribution in [2.45, 2.75) is 0 Å². The Morgan fingerprint density at radius 1 is 1.20 bits per heavy atom. The van der Waals surface area contributed by atoms with Gasteiger partial charge in [0.2, 0.25) is 0 Å². The van der Waals surface area contributed by atoms with E-state index in [-0.39, 0.29) is 5.91 Å². The number of aromatic nitrogens is 1. The quantitative estimate of drug-likeness (QED) is 0.612. The molecule has 100 valence electrons.